The van der Waals surface area contributed by atoms with Crippen molar-refractivity contribution >= 4 is 23.4 Å². The minimum atomic E-state index is -4.43. The Kier molecular flexibility index (Phi) is 9.03. The fourth-order valence-electron chi connectivity index (χ4n) is 3.60. The summed E-state index contributed by atoms with van der Waals surface area (Å²) in [5, 5.41) is 11.6. The van der Waals surface area contributed by atoms with E-state index >= 15 is 0 Å². The van der Waals surface area contributed by atoms with Crippen molar-refractivity contribution in [2.45, 2.75) is 24.5 Å². The highest BCUT2D eigenvalue weighted by Crippen LogP contribution is 2.31. The lowest BCUT2D eigenvalue weighted by molar-refractivity contribution is -0.137. The number of para-hydroxylation sites is 1. The molecule has 0 aliphatic carbocycles. The van der Waals surface area contributed by atoms with Gasteiger partial charge in [0.05, 0.1) is 17.9 Å². The summed E-state index contributed by atoms with van der Waals surface area (Å²) >= 11 is 1.16. The lowest BCUT2D eigenvalue weighted by Crippen LogP contribution is -2.16. The number of hydrogen-bond donors (Lipinski definition) is 1. The maximum atomic E-state index is 12.7. The number of amides is 1. The molecular weight excluding hydrogens is 517 g/mol. The highest BCUT2D eigenvalue weighted by molar-refractivity contribution is 7.99. The molecule has 3 aromatic carbocycles. The van der Waals surface area contributed by atoms with Crippen molar-refractivity contribution in [2.24, 2.45) is 0 Å². The molecule has 1 N–H and O–H groups in total. The average Bonchev–Trinajstić information content (AvgIpc) is 3.31. The van der Waals surface area contributed by atoms with Crippen molar-refractivity contribution in [1.29, 1.82) is 0 Å². The van der Waals surface area contributed by atoms with Crippen molar-refractivity contribution in [3.63, 3.8) is 0 Å². The average molecular weight is 543 g/mol. The molecule has 4 rings (SSSR count). The Morgan fingerprint density at radius 1 is 0.974 bits per heavy atom. The van der Waals surface area contributed by atoms with Crippen LogP contribution in [0.2, 0.25) is 0 Å². The first-order valence-corrected chi connectivity index (χ1v) is 12.6. The molecule has 7 nitrogen and oxygen atoms in total. The minimum Gasteiger partial charge on any atom is -0.485 e. The molecule has 1 amide bonds. The Morgan fingerprint density at radius 3 is 2.39 bits per heavy atom. The van der Waals surface area contributed by atoms with Gasteiger partial charge in [0.1, 0.15) is 12.4 Å². The van der Waals surface area contributed by atoms with Gasteiger partial charge in [-0.15, -0.1) is 10.2 Å². The number of carbonyl (C=O) groups is 1. The van der Waals surface area contributed by atoms with Crippen LogP contribution in [-0.4, -0.2) is 40.1 Å². The smallest absolute Gasteiger partial charge is 0.416 e. The van der Waals surface area contributed by atoms with Crippen LogP contribution in [-0.2, 0) is 28.9 Å². The second-order valence-electron chi connectivity index (χ2n) is 8.11. The first kappa shape index (κ1) is 27.2. The number of aromatic nitrogens is 3. The molecule has 0 radical (unpaired) electrons. The van der Waals surface area contributed by atoms with E-state index < -0.39 is 11.7 Å². The van der Waals surface area contributed by atoms with E-state index in [1.54, 1.807) is 7.11 Å². The van der Waals surface area contributed by atoms with Crippen LogP contribution in [0.3, 0.4) is 0 Å². The zero-order valence-corrected chi connectivity index (χ0v) is 21.3. The molecule has 1 heterocycles. The van der Waals surface area contributed by atoms with Gasteiger partial charge in [0.2, 0.25) is 5.91 Å². The van der Waals surface area contributed by atoms with E-state index in [0.29, 0.717) is 29.9 Å². The topological polar surface area (TPSA) is 78.3 Å². The maximum absolute atomic E-state index is 12.7. The van der Waals surface area contributed by atoms with Gasteiger partial charge in [-0.3, -0.25) is 4.79 Å². The fourth-order valence-corrected chi connectivity index (χ4v) is 4.38. The van der Waals surface area contributed by atoms with Gasteiger partial charge in [0, 0.05) is 24.9 Å². The molecule has 0 unspecified atom stereocenters. The van der Waals surface area contributed by atoms with Crippen LogP contribution in [0, 0.1) is 0 Å². The predicted molar refractivity (Wildman–Crippen MR) is 139 cm³/mol. The van der Waals surface area contributed by atoms with E-state index in [2.05, 4.69) is 15.5 Å². The second-order valence-corrected chi connectivity index (χ2v) is 9.05. The summed E-state index contributed by atoms with van der Waals surface area (Å²) in [6.07, 6.45) is -4.43. The van der Waals surface area contributed by atoms with Gasteiger partial charge >= 0.3 is 6.18 Å². The van der Waals surface area contributed by atoms with Crippen LogP contribution in [0.15, 0.2) is 84.0 Å². The number of nitrogens with one attached hydrogen (secondary N) is 1. The van der Waals surface area contributed by atoms with Gasteiger partial charge in [-0.2, -0.15) is 13.2 Å². The van der Waals surface area contributed by atoms with E-state index in [0.717, 1.165) is 35.0 Å². The Hall–Kier alpha value is -3.83. The molecule has 0 bridgehead atoms. The molecule has 38 heavy (non-hydrogen) atoms. The number of rotatable bonds is 11. The molecule has 0 spiro atoms. The summed E-state index contributed by atoms with van der Waals surface area (Å²) in [5.41, 5.74) is 1.47. The minimum absolute atomic E-state index is 0.0101. The highest BCUT2D eigenvalue weighted by atomic mass is 32.2. The molecule has 0 saturated heterocycles. The first-order valence-electron chi connectivity index (χ1n) is 11.6. The number of benzene rings is 3. The molecule has 1 aromatic heterocycles. The van der Waals surface area contributed by atoms with Crippen molar-refractivity contribution in [1.82, 2.24) is 14.8 Å². The van der Waals surface area contributed by atoms with Crippen molar-refractivity contribution in [3.8, 4) is 16.9 Å². The quantitative estimate of drug-likeness (QED) is 0.237. The highest BCUT2D eigenvalue weighted by Gasteiger charge is 2.30. The van der Waals surface area contributed by atoms with Crippen LogP contribution in [0.4, 0.5) is 18.9 Å². The van der Waals surface area contributed by atoms with Crippen molar-refractivity contribution in [2.75, 3.05) is 24.8 Å². The summed E-state index contributed by atoms with van der Waals surface area (Å²) in [6, 6.07) is 21.9. The van der Waals surface area contributed by atoms with E-state index in [9.17, 15) is 18.0 Å². The number of alkyl halides is 3. The van der Waals surface area contributed by atoms with Crippen LogP contribution in [0.25, 0.3) is 11.1 Å². The fraction of sp³-hybridized carbons (Fsp3) is 0.222. The Balaban J connectivity index is 1.41. The normalized spacial score (nSPS) is 11.4. The molecule has 198 valence electrons. The zero-order chi connectivity index (χ0) is 27.0. The third-order valence-corrected chi connectivity index (χ3v) is 6.44. The van der Waals surface area contributed by atoms with Gasteiger partial charge in [0.15, 0.2) is 11.0 Å². The van der Waals surface area contributed by atoms with Gasteiger partial charge < -0.3 is 19.4 Å². The van der Waals surface area contributed by atoms with Crippen LogP contribution < -0.4 is 10.1 Å². The summed E-state index contributed by atoms with van der Waals surface area (Å²) in [7, 11) is 1.58. The second kappa shape index (κ2) is 12.6. The lowest BCUT2D eigenvalue weighted by Gasteiger charge is -2.13. The summed E-state index contributed by atoms with van der Waals surface area (Å²) in [4.78, 5) is 12.4. The number of nitrogens with zero attached hydrogens (tertiary/aromatic N) is 3. The number of methoxy groups -OCH3 is 1. The lowest BCUT2D eigenvalue weighted by atomic mass is 10.1. The molecule has 0 fully saturated rings. The van der Waals surface area contributed by atoms with E-state index in [4.69, 9.17) is 9.47 Å². The Bertz CT molecular complexity index is 1350. The van der Waals surface area contributed by atoms with Gasteiger partial charge in [0.25, 0.3) is 0 Å². The zero-order valence-electron chi connectivity index (χ0n) is 20.4. The summed E-state index contributed by atoms with van der Waals surface area (Å²) in [6.45, 7) is 1.00. The number of halogens is 3. The molecule has 0 atom stereocenters. The van der Waals surface area contributed by atoms with Gasteiger partial charge in [-0.05, 0) is 35.9 Å². The summed E-state index contributed by atoms with van der Waals surface area (Å²) < 4.78 is 51.4. The maximum Gasteiger partial charge on any atom is 0.416 e. The third-order valence-electron chi connectivity index (χ3n) is 5.47. The SMILES string of the molecule is COCCn1c(COc2ccccc2-c2ccccc2)nnc1SCC(=O)Nc1ccc(C(F)(F)F)cc1. The molecular formula is C27H25F3N4O3S. The van der Waals surface area contributed by atoms with E-state index in [1.807, 2.05) is 59.2 Å². The van der Waals surface area contributed by atoms with E-state index in [1.165, 1.54) is 12.1 Å². The van der Waals surface area contributed by atoms with Crippen LogP contribution >= 0.6 is 11.8 Å². The number of hydrogen-bond acceptors (Lipinski definition) is 6. The molecule has 4 aromatic rings. The van der Waals surface area contributed by atoms with Crippen LogP contribution in [0.1, 0.15) is 11.4 Å². The molecule has 0 aliphatic rings. The largest absolute Gasteiger partial charge is 0.485 e. The Morgan fingerprint density at radius 2 is 1.68 bits per heavy atom. The summed E-state index contributed by atoms with van der Waals surface area (Å²) in [5.74, 6) is 0.871. The molecule has 11 heteroatoms. The molecule has 0 aliphatic heterocycles. The van der Waals surface area contributed by atoms with Crippen molar-refractivity contribution in [3.05, 3.63) is 90.3 Å². The number of anilines is 1. The third kappa shape index (κ3) is 7.14. The first-order chi connectivity index (χ1) is 18.3. The number of thioether (sulfide) groups is 1. The molecule has 0 saturated carbocycles. The Labute approximate surface area is 222 Å². The number of ether oxygens (including phenoxy) is 2. The van der Waals surface area contributed by atoms with Gasteiger partial charge in [-0.1, -0.05) is 60.3 Å². The monoisotopic (exact) mass is 542 g/mol. The van der Waals surface area contributed by atoms with Crippen molar-refractivity contribution < 1.29 is 27.4 Å². The standard InChI is InChI=1S/C27H25F3N4O3S/c1-36-16-15-34-24(17-37-23-10-6-5-9-22(23)19-7-3-2-4-8-19)32-33-26(34)38-18-25(35)31-21-13-11-20(12-14-21)27(28,29)30/h2-14H,15-18H2,1H3,(H,31,35). The predicted octanol–water partition coefficient (Wildman–Crippen LogP) is 5.92. The van der Waals surface area contributed by atoms with E-state index in [-0.39, 0.29) is 24.0 Å². The number of carbonyl (C=O) groups excluding carboxylic acids is 1. The van der Waals surface area contributed by atoms with Gasteiger partial charge in [-0.25, -0.2) is 0 Å². The van der Waals surface area contributed by atoms with Crippen LogP contribution in [0.5, 0.6) is 5.75 Å².